The molecule has 0 amide bonds. The van der Waals surface area contributed by atoms with Crippen molar-refractivity contribution in [3.8, 4) is 5.69 Å². The van der Waals surface area contributed by atoms with E-state index >= 15 is 0 Å². The van der Waals surface area contributed by atoms with Gasteiger partial charge in [-0.05, 0) is 49.8 Å². The summed E-state index contributed by atoms with van der Waals surface area (Å²) in [6, 6.07) is 10.5. The van der Waals surface area contributed by atoms with Crippen molar-refractivity contribution in [1.29, 1.82) is 0 Å². The zero-order valence-electron chi connectivity index (χ0n) is 19.7. The third-order valence-corrected chi connectivity index (χ3v) is 5.73. The number of guanidine groups is 1. The summed E-state index contributed by atoms with van der Waals surface area (Å²) in [6.45, 7) is 13.3. The lowest BCUT2D eigenvalue weighted by Crippen LogP contribution is -2.47. The number of aryl methyl sites for hydroxylation is 2. The molecule has 6 nitrogen and oxygen atoms in total. The lowest BCUT2D eigenvalue weighted by atomic mass is 9.78. The van der Waals surface area contributed by atoms with E-state index in [1.54, 1.807) is 0 Å². The number of ether oxygens (including phenoxy) is 1. The van der Waals surface area contributed by atoms with E-state index in [0.29, 0.717) is 12.5 Å². The maximum Gasteiger partial charge on any atom is 0.191 e. The van der Waals surface area contributed by atoms with Gasteiger partial charge in [0.1, 0.15) is 0 Å². The SMILES string of the molecule is CN=C(NCc1ccccc1-n1nc(C)cc1C)NCC1CCCOC1C(C)(C)C.I. The molecule has 31 heavy (non-hydrogen) atoms. The summed E-state index contributed by atoms with van der Waals surface area (Å²) in [7, 11) is 1.82. The average Bonchev–Trinajstić information content (AvgIpc) is 3.05. The smallest absolute Gasteiger partial charge is 0.191 e. The minimum absolute atomic E-state index is 0. The van der Waals surface area contributed by atoms with Gasteiger partial charge >= 0.3 is 0 Å². The Hall–Kier alpha value is -1.61. The monoisotopic (exact) mass is 539 g/mol. The Morgan fingerprint density at radius 3 is 2.61 bits per heavy atom. The molecular weight excluding hydrogens is 501 g/mol. The van der Waals surface area contributed by atoms with Gasteiger partial charge in [0, 0.05) is 38.4 Å². The molecule has 2 atom stereocenters. The fraction of sp³-hybridized carbons (Fsp3) is 0.583. The summed E-state index contributed by atoms with van der Waals surface area (Å²) in [5, 5.41) is 11.6. The maximum absolute atomic E-state index is 6.12. The Balaban J connectivity index is 0.00000341. The van der Waals surface area contributed by atoms with Gasteiger partial charge in [0.25, 0.3) is 0 Å². The third-order valence-electron chi connectivity index (χ3n) is 5.73. The normalized spacial score (nSPS) is 19.6. The lowest BCUT2D eigenvalue weighted by molar-refractivity contribution is -0.0835. The molecule has 0 aliphatic carbocycles. The largest absolute Gasteiger partial charge is 0.377 e. The topological polar surface area (TPSA) is 63.5 Å². The number of hydrogen-bond donors (Lipinski definition) is 2. The second-order valence-electron chi connectivity index (χ2n) is 9.33. The molecular formula is C24H38IN5O. The number of nitrogens with zero attached hydrogens (tertiary/aromatic N) is 3. The first-order chi connectivity index (χ1) is 14.3. The van der Waals surface area contributed by atoms with Crippen molar-refractivity contribution in [3.63, 3.8) is 0 Å². The highest BCUT2D eigenvalue weighted by Gasteiger charge is 2.35. The van der Waals surface area contributed by atoms with E-state index in [1.807, 2.05) is 18.7 Å². The molecule has 0 radical (unpaired) electrons. The van der Waals surface area contributed by atoms with Gasteiger partial charge in [0.05, 0.1) is 17.5 Å². The molecule has 1 fully saturated rings. The molecule has 1 aliphatic heterocycles. The Bertz CT molecular complexity index is 871. The number of aliphatic imine (C=N–C) groups is 1. The molecule has 0 bridgehead atoms. The van der Waals surface area contributed by atoms with Crippen LogP contribution in [0.5, 0.6) is 0 Å². The highest BCUT2D eigenvalue weighted by Crippen LogP contribution is 2.33. The predicted octanol–water partition coefficient (Wildman–Crippen LogP) is 4.61. The van der Waals surface area contributed by atoms with E-state index in [-0.39, 0.29) is 35.5 Å². The van der Waals surface area contributed by atoms with E-state index in [2.05, 4.69) is 78.8 Å². The van der Waals surface area contributed by atoms with Crippen molar-refractivity contribution in [2.24, 2.45) is 16.3 Å². The highest BCUT2D eigenvalue weighted by atomic mass is 127. The fourth-order valence-electron chi connectivity index (χ4n) is 4.38. The van der Waals surface area contributed by atoms with E-state index in [1.165, 1.54) is 12.0 Å². The highest BCUT2D eigenvalue weighted by molar-refractivity contribution is 14.0. The molecule has 2 aromatic rings. The summed E-state index contributed by atoms with van der Waals surface area (Å²) >= 11 is 0. The summed E-state index contributed by atoms with van der Waals surface area (Å²) in [4.78, 5) is 4.43. The van der Waals surface area contributed by atoms with Crippen LogP contribution in [-0.2, 0) is 11.3 Å². The summed E-state index contributed by atoms with van der Waals surface area (Å²) in [5.41, 5.74) is 4.58. The zero-order valence-corrected chi connectivity index (χ0v) is 22.1. The number of para-hydroxylation sites is 1. The summed E-state index contributed by atoms with van der Waals surface area (Å²) in [6.07, 6.45) is 2.58. The second kappa shape index (κ2) is 11.3. The van der Waals surface area contributed by atoms with Gasteiger partial charge < -0.3 is 15.4 Å². The maximum atomic E-state index is 6.12. The first-order valence-electron chi connectivity index (χ1n) is 11.0. The summed E-state index contributed by atoms with van der Waals surface area (Å²) in [5.74, 6) is 1.30. The van der Waals surface area contributed by atoms with Gasteiger partial charge in [0.2, 0.25) is 0 Å². The van der Waals surface area contributed by atoms with E-state index < -0.39 is 0 Å². The third kappa shape index (κ3) is 6.68. The molecule has 3 rings (SSSR count). The first-order valence-corrected chi connectivity index (χ1v) is 11.0. The van der Waals surface area contributed by atoms with E-state index in [4.69, 9.17) is 4.74 Å². The Morgan fingerprint density at radius 2 is 1.97 bits per heavy atom. The molecule has 2 unspecified atom stereocenters. The number of rotatable bonds is 5. The first kappa shape index (κ1) is 25.6. The molecule has 1 saturated heterocycles. The van der Waals surface area contributed by atoms with Crippen LogP contribution in [0.25, 0.3) is 5.69 Å². The van der Waals surface area contributed by atoms with Crippen molar-refractivity contribution in [3.05, 3.63) is 47.3 Å². The fourth-order valence-corrected chi connectivity index (χ4v) is 4.38. The van der Waals surface area contributed by atoms with Crippen molar-refractivity contribution < 1.29 is 4.74 Å². The van der Waals surface area contributed by atoms with Crippen LogP contribution in [0.15, 0.2) is 35.3 Å². The molecule has 1 aromatic heterocycles. The molecule has 1 aliphatic rings. The van der Waals surface area contributed by atoms with Crippen LogP contribution in [0.3, 0.4) is 0 Å². The molecule has 1 aromatic carbocycles. The van der Waals surface area contributed by atoms with Gasteiger partial charge in [-0.1, -0.05) is 39.0 Å². The minimum atomic E-state index is 0. The molecule has 7 heteroatoms. The van der Waals surface area contributed by atoms with Crippen LogP contribution in [0, 0.1) is 25.2 Å². The van der Waals surface area contributed by atoms with Crippen molar-refractivity contribution >= 4 is 29.9 Å². The van der Waals surface area contributed by atoms with Crippen LogP contribution in [0.1, 0.15) is 50.6 Å². The quantitative estimate of drug-likeness (QED) is 0.331. The molecule has 172 valence electrons. The number of halogens is 1. The van der Waals surface area contributed by atoms with Crippen LogP contribution < -0.4 is 10.6 Å². The van der Waals surface area contributed by atoms with Crippen molar-refractivity contribution in [2.75, 3.05) is 20.2 Å². The molecule has 2 N–H and O–H groups in total. The Morgan fingerprint density at radius 1 is 1.23 bits per heavy atom. The number of hydrogen-bond acceptors (Lipinski definition) is 3. The van der Waals surface area contributed by atoms with Crippen LogP contribution in [0.2, 0.25) is 0 Å². The number of nitrogens with one attached hydrogen (secondary N) is 2. The zero-order chi connectivity index (χ0) is 21.7. The van der Waals surface area contributed by atoms with Gasteiger partial charge in [-0.3, -0.25) is 4.99 Å². The Kier molecular flexibility index (Phi) is 9.36. The van der Waals surface area contributed by atoms with Crippen LogP contribution in [0.4, 0.5) is 0 Å². The molecule has 0 saturated carbocycles. The van der Waals surface area contributed by atoms with Crippen LogP contribution >= 0.6 is 24.0 Å². The standard InChI is InChI=1S/C24H37N5O.HI/c1-17-14-18(2)29(28-17)21-12-8-7-10-19(21)15-26-23(25-6)27-16-20-11-9-13-30-22(20)24(3,4)5;/h7-8,10,12,14,20,22H,9,11,13,15-16H2,1-6H3,(H2,25,26,27);1H. The number of benzene rings is 1. The van der Waals surface area contributed by atoms with Crippen LogP contribution in [-0.4, -0.2) is 42.0 Å². The predicted molar refractivity (Wildman–Crippen MR) is 139 cm³/mol. The average molecular weight is 540 g/mol. The van der Waals surface area contributed by atoms with E-state index in [0.717, 1.165) is 42.6 Å². The van der Waals surface area contributed by atoms with Crippen molar-refractivity contribution in [1.82, 2.24) is 20.4 Å². The molecule has 0 spiro atoms. The Labute approximate surface area is 204 Å². The summed E-state index contributed by atoms with van der Waals surface area (Å²) < 4.78 is 8.13. The van der Waals surface area contributed by atoms with Gasteiger partial charge in [0.15, 0.2) is 5.96 Å². The minimum Gasteiger partial charge on any atom is -0.377 e. The van der Waals surface area contributed by atoms with Gasteiger partial charge in [-0.15, -0.1) is 24.0 Å². The number of aromatic nitrogens is 2. The lowest BCUT2D eigenvalue weighted by Gasteiger charge is -2.40. The van der Waals surface area contributed by atoms with Gasteiger partial charge in [-0.25, -0.2) is 4.68 Å². The second-order valence-corrected chi connectivity index (χ2v) is 9.33. The molecule has 2 heterocycles. The van der Waals surface area contributed by atoms with Gasteiger partial charge in [-0.2, -0.15) is 5.10 Å². The van der Waals surface area contributed by atoms with Crippen molar-refractivity contribution in [2.45, 2.75) is 60.1 Å². The van der Waals surface area contributed by atoms with E-state index in [9.17, 15) is 0 Å².